The summed E-state index contributed by atoms with van der Waals surface area (Å²) < 4.78 is 27.0. The average Bonchev–Trinajstić information content (AvgIpc) is 2.46. The van der Waals surface area contributed by atoms with Crippen LogP contribution in [0.15, 0.2) is 30.3 Å². The van der Waals surface area contributed by atoms with Crippen LogP contribution in [0.4, 0.5) is 0 Å². The quantitative estimate of drug-likeness (QED) is 0.871. The minimum absolute atomic E-state index is 0.444. The van der Waals surface area contributed by atoms with Crippen LogP contribution < -0.4 is 4.72 Å². The van der Waals surface area contributed by atoms with E-state index in [4.69, 9.17) is 0 Å². The molecule has 1 aromatic carbocycles. The Balaban J connectivity index is 2.18. The second-order valence-corrected chi connectivity index (χ2v) is 7.10. The Bertz CT molecular complexity index is 550. The number of hydrogen-bond acceptors (Lipinski definition) is 3. The van der Waals surface area contributed by atoms with Crippen molar-refractivity contribution in [3.8, 4) is 0 Å². The molecule has 1 aromatic rings. The van der Waals surface area contributed by atoms with E-state index in [9.17, 15) is 18.3 Å². The molecule has 1 aliphatic carbocycles. The lowest BCUT2D eigenvalue weighted by molar-refractivity contribution is -0.139. The first kappa shape index (κ1) is 15.0. The molecule has 1 saturated carbocycles. The highest BCUT2D eigenvalue weighted by Crippen LogP contribution is 2.25. The van der Waals surface area contributed by atoms with Gasteiger partial charge in [0.15, 0.2) is 0 Å². The van der Waals surface area contributed by atoms with Crippen LogP contribution in [-0.2, 0) is 14.8 Å². The highest BCUT2D eigenvalue weighted by atomic mass is 32.2. The highest BCUT2D eigenvalue weighted by molar-refractivity contribution is 7.90. The third-order valence-corrected chi connectivity index (χ3v) is 5.57. The average molecular weight is 297 g/mol. The van der Waals surface area contributed by atoms with E-state index in [0.717, 1.165) is 19.3 Å². The van der Waals surface area contributed by atoms with E-state index in [1.54, 1.807) is 30.3 Å². The molecule has 0 heterocycles. The number of aliphatic carboxylic acids is 1. The van der Waals surface area contributed by atoms with E-state index in [0.29, 0.717) is 18.4 Å². The van der Waals surface area contributed by atoms with Gasteiger partial charge in [0.2, 0.25) is 10.0 Å². The summed E-state index contributed by atoms with van der Waals surface area (Å²) in [6, 6.07) is 7.16. The number of nitrogens with one attached hydrogen (secondary N) is 1. The van der Waals surface area contributed by atoms with Crippen LogP contribution in [0, 0.1) is 0 Å². The zero-order valence-electron chi connectivity index (χ0n) is 11.2. The van der Waals surface area contributed by atoms with Gasteiger partial charge in [-0.15, -0.1) is 0 Å². The first-order chi connectivity index (χ1) is 9.50. The SMILES string of the molecule is O=C(O)C(NS(=O)(=O)C1CCCCC1)c1ccccc1. The molecule has 5 nitrogen and oxygen atoms in total. The van der Waals surface area contributed by atoms with Gasteiger partial charge in [-0.3, -0.25) is 4.79 Å². The number of carbonyl (C=O) groups is 1. The largest absolute Gasteiger partial charge is 0.480 e. The lowest BCUT2D eigenvalue weighted by atomic mass is 10.0. The van der Waals surface area contributed by atoms with Crippen LogP contribution in [0.1, 0.15) is 43.7 Å². The molecule has 2 rings (SSSR count). The first-order valence-corrected chi connectivity index (χ1v) is 8.34. The highest BCUT2D eigenvalue weighted by Gasteiger charge is 2.32. The van der Waals surface area contributed by atoms with Crippen molar-refractivity contribution in [3.63, 3.8) is 0 Å². The summed E-state index contributed by atoms with van der Waals surface area (Å²) >= 11 is 0. The van der Waals surface area contributed by atoms with Gasteiger partial charge in [-0.25, -0.2) is 8.42 Å². The molecule has 1 atom stereocenters. The molecule has 2 N–H and O–H groups in total. The molecule has 110 valence electrons. The molecule has 0 aromatic heterocycles. The predicted octanol–water partition coefficient (Wildman–Crippen LogP) is 2.06. The standard InChI is InChI=1S/C14H19NO4S/c16-14(17)13(11-7-3-1-4-8-11)15-20(18,19)12-9-5-2-6-10-12/h1,3-4,7-8,12-13,15H,2,5-6,9-10H2,(H,16,17). The fraction of sp³-hybridized carbons (Fsp3) is 0.500. The van der Waals surface area contributed by atoms with E-state index in [1.165, 1.54) is 0 Å². The van der Waals surface area contributed by atoms with Crippen molar-refractivity contribution in [1.29, 1.82) is 0 Å². The monoisotopic (exact) mass is 297 g/mol. The molecule has 1 fully saturated rings. The van der Waals surface area contributed by atoms with Gasteiger partial charge in [0.05, 0.1) is 5.25 Å². The number of benzene rings is 1. The second-order valence-electron chi connectivity index (χ2n) is 5.10. The van der Waals surface area contributed by atoms with E-state index >= 15 is 0 Å². The summed E-state index contributed by atoms with van der Waals surface area (Å²) in [5, 5.41) is 8.79. The maximum atomic E-state index is 12.3. The minimum Gasteiger partial charge on any atom is -0.480 e. The van der Waals surface area contributed by atoms with Gasteiger partial charge in [0, 0.05) is 0 Å². The van der Waals surface area contributed by atoms with E-state index < -0.39 is 27.3 Å². The van der Waals surface area contributed by atoms with Gasteiger partial charge >= 0.3 is 5.97 Å². The number of sulfonamides is 1. The fourth-order valence-corrected chi connectivity index (χ4v) is 4.25. The molecule has 0 amide bonds. The summed E-state index contributed by atoms with van der Waals surface area (Å²) in [6.07, 6.45) is 4.03. The van der Waals surface area contributed by atoms with Gasteiger partial charge in [0.1, 0.15) is 6.04 Å². The Hall–Kier alpha value is -1.40. The summed E-state index contributed by atoms with van der Waals surface area (Å²) in [5.74, 6) is -1.18. The normalized spacial score (nSPS) is 18.6. The van der Waals surface area contributed by atoms with Gasteiger partial charge in [-0.1, -0.05) is 49.6 Å². The molecular weight excluding hydrogens is 278 g/mol. The minimum atomic E-state index is -3.61. The van der Waals surface area contributed by atoms with Crippen LogP contribution in [0.2, 0.25) is 0 Å². The Morgan fingerprint density at radius 1 is 1.15 bits per heavy atom. The van der Waals surface area contributed by atoms with E-state index in [1.807, 2.05) is 0 Å². The molecule has 0 saturated heterocycles. The van der Waals surface area contributed by atoms with Crippen molar-refractivity contribution in [1.82, 2.24) is 4.72 Å². The van der Waals surface area contributed by atoms with Crippen LogP contribution in [0.25, 0.3) is 0 Å². The maximum Gasteiger partial charge on any atom is 0.326 e. The molecular formula is C14H19NO4S. The molecule has 0 spiro atoms. The third kappa shape index (κ3) is 3.58. The smallest absolute Gasteiger partial charge is 0.326 e. The van der Waals surface area contributed by atoms with Crippen molar-refractivity contribution >= 4 is 16.0 Å². The van der Waals surface area contributed by atoms with Gasteiger partial charge in [-0.2, -0.15) is 4.72 Å². The fourth-order valence-electron chi connectivity index (χ4n) is 2.54. The molecule has 0 aliphatic heterocycles. The van der Waals surface area contributed by atoms with Crippen molar-refractivity contribution in [3.05, 3.63) is 35.9 Å². The Morgan fingerprint density at radius 2 is 1.75 bits per heavy atom. The lowest BCUT2D eigenvalue weighted by Crippen LogP contribution is -2.40. The summed E-state index contributed by atoms with van der Waals surface area (Å²) in [6.45, 7) is 0. The first-order valence-electron chi connectivity index (χ1n) is 6.79. The van der Waals surface area contributed by atoms with Crippen molar-refractivity contribution in [2.75, 3.05) is 0 Å². The topological polar surface area (TPSA) is 83.5 Å². The summed E-state index contributed by atoms with van der Waals surface area (Å²) in [5.41, 5.74) is 0.444. The number of carboxylic acid groups (broad SMARTS) is 1. The Morgan fingerprint density at radius 3 is 2.30 bits per heavy atom. The van der Waals surface area contributed by atoms with Crippen LogP contribution in [0.5, 0.6) is 0 Å². The van der Waals surface area contributed by atoms with Crippen LogP contribution in [-0.4, -0.2) is 24.7 Å². The zero-order valence-corrected chi connectivity index (χ0v) is 12.0. The number of carboxylic acids is 1. The van der Waals surface area contributed by atoms with Gasteiger partial charge in [-0.05, 0) is 18.4 Å². The number of hydrogen-bond donors (Lipinski definition) is 2. The van der Waals surface area contributed by atoms with Crippen molar-refractivity contribution in [2.24, 2.45) is 0 Å². The zero-order chi connectivity index (χ0) is 14.6. The predicted molar refractivity (Wildman–Crippen MR) is 75.7 cm³/mol. The molecule has 0 radical (unpaired) electrons. The molecule has 0 bridgehead atoms. The maximum absolute atomic E-state index is 12.3. The van der Waals surface area contributed by atoms with Gasteiger partial charge < -0.3 is 5.11 Å². The van der Waals surface area contributed by atoms with Crippen molar-refractivity contribution in [2.45, 2.75) is 43.4 Å². The third-order valence-electron chi connectivity index (χ3n) is 3.65. The number of rotatable bonds is 5. The second kappa shape index (κ2) is 6.37. The van der Waals surface area contributed by atoms with Crippen LogP contribution in [0.3, 0.4) is 0 Å². The van der Waals surface area contributed by atoms with Gasteiger partial charge in [0.25, 0.3) is 0 Å². The van der Waals surface area contributed by atoms with E-state index in [-0.39, 0.29) is 0 Å². The Kier molecular flexibility index (Phi) is 4.77. The molecule has 1 unspecified atom stereocenters. The van der Waals surface area contributed by atoms with Crippen molar-refractivity contribution < 1.29 is 18.3 Å². The summed E-state index contributed by atoms with van der Waals surface area (Å²) in [4.78, 5) is 11.3. The van der Waals surface area contributed by atoms with E-state index in [2.05, 4.69) is 4.72 Å². The molecule has 1 aliphatic rings. The molecule has 20 heavy (non-hydrogen) atoms. The lowest BCUT2D eigenvalue weighted by Gasteiger charge is -2.24. The molecule has 6 heteroatoms. The Labute approximate surface area is 119 Å². The summed E-state index contributed by atoms with van der Waals surface area (Å²) in [7, 11) is -3.61. The van der Waals surface area contributed by atoms with Crippen LogP contribution >= 0.6 is 0 Å².